The molecule has 108 valence electrons. The van der Waals surface area contributed by atoms with Crippen LogP contribution in [0.2, 0.25) is 6.04 Å². The van der Waals surface area contributed by atoms with Crippen LogP contribution in [0.3, 0.4) is 0 Å². The number of hydrogen-bond donors (Lipinski definition) is 1. The third kappa shape index (κ3) is 2.56. The molecule has 1 aliphatic heterocycles. The zero-order chi connectivity index (χ0) is 13.8. The summed E-state index contributed by atoms with van der Waals surface area (Å²) in [5, 5.41) is 0. The first-order valence-electron chi connectivity index (χ1n) is 6.18. The van der Waals surface area contributed by atoms with E-state index < -0.39 is 16.4 Å². The Bertz CT molecular complexity index is 261. The van der Waals surface area contributed by atoms with E-state index in [0.29, 0.717) is 0 Å². The van der Waals surface area contributed by atoms with E-state index in [1.807, 2.05) is 6.92 Å². The van der Waals surface area contributed by atoms with Gasteiger partial charge in [-0.3, -0.25) is 0 Å². The van der Waals surface area contributed by atoms with E-state index >= 15 is 0 Å². The maximum atomic E-state index is 6.10. The van der Waals surface area contributed by atoms with E-state index in [1.165, 1.54) is 0 Å². The Morgan fingerprint density at radius 2 is 1.72 bits per heavy atom. The second kappa shape index (κ2) is 6.57. The molecular weight excluding hydrogens is 270 g/mol. The third-order valence-electron chi connectivity index (χ3n) is 3.68. The summed E-state index contributed by atoms with van der Waals surface area (Å²) in [4.78, 5) is 0. The van der Waals surface area contributed by atoms with Gasteiger partial charge in [0.25, 0.3) is 0 Å². The Morgan fingerprint density at radius 3 is 2.11 bits per heavy atom. The van der Waals surface area contributed by atoms with Gasteiger partial charge in [0.1, 0.15) is 0 Å². The molecule has 0 spiro atoms. The number of hydrogen-bond acceptors (Lipinski definition) is 6. The van der Waals surface area contributed by atoms with Crippen LogP contribution in [0.1, 0.15) is 19.8 Å². The summed E-state index contributed by atoms with van der Waals surface area (Å²) in [5.74, 6) is 0. The topological polar surface area (TPSA) is 72.2 Å². The minimum atomic E-state index is -2.94. The average molecular weight is 295 g/mol. The Morgan fingerprint density at radius 1 is 1.17 bits per heavy atom. The summed E-state index contributed by atoms with van der Waals surface area (Å²) in [6.45, 7) is 2.04. The van der Waals surface area contributed by atoms with Crippen LogP contribution in [-0.4, -0.2) is 57.0 Å². The lowest BCUT2D eigenvalue weighted by Crippen LogP contribution is -2.75. The lowest BCUT2D eigenvalue weighted by atomic mass is 10.1. The summed E-state index contributed by atoms with van der Waals surface area (Å²) in [6.07, 6.45) is 1.63. The van der Waals surface area contributed by atoms with Crippen LogP contribution >= 0.6 is 0 Å². The molecule has 2 N–H and O–H groups in total. The standard InChI is InChI=1S/C10H25NO5Si2/c1-6-9(11)10-7-8-17(12-2,13-3)18(14-4,15-5)16-10/h9-10H,6-8,11H2,1-5H3. The van der Waals surface area contributed by atoms with Crippen LogP contribution in [0, 0.1) is 0 Å². The van der Waals surface area contributed by atoms with Crippen LogP contribution < -0.4 is 5.73 Å². The van der Waals surface area contributed by atoms with Gasteiger partial charge in [-0.2, -0.15) is 0 Å². The molecule has 0 aromatic rings. The molecule has 2 atom stereocenters. The molecule has 0 aliphatic carbocycles. The smallest absolute Gasteiger partial charge is 0.395 e. The Hall–Kier alpha value is 0.194. The first kappa shape index (κ1) is 16.2. The van der Waals surface area contributed by atoms with Gasteiger partial charge in [-0.05, 0) is 18.9 Å². The van der Waals surface area contributed by atoms with Gasteiger partial charge in [-0.25, -0.2) is 0 Å². The molecule has 1 aliphatic rings. The molecule has 0 aromatic heterocycles. The van der Waals surface area contributed by atoms with E-state index in [4.69, 9.17) is 27.9 Å². The van der Waals surface area contributed by atoms with Crippen molar-refractivity contribution in [3.05, 3.63) is 0 Å². The molecule has 18 heavy (non-hydrogen) atoms. The predicted molar refractivity (Wildman–Crippen MR) is 72.1 cm³/mol. The van der Waals surface area contributed by atoms with Crippen LogP contribution in [0.4, 0.5) is 0 Å². The molecule has 0 radical (unpaired) electrons. The van der Waals surface area contributed by atoms with Gasteiger partial charge in [-0.15, -0.1) is 0 Å². The normalized spacial score (nSPS) is 28.0. The molecule has 6 nitrogen and oxygen atoms in total. The van der Waals surface area contributed by atoms with Crippen molar-refractivity contribution in [2.24, 2.45) is 5.73 Å². The zero-order valence-corrected chi connectivity index (χ0v) is 13.9. The van der Waals surface area contributed by atoms with Crippen molar-refractivity contribution in [3.8, 4) is 0 Å². The van der Waals surface area contributed by atoms with Crippen molar-refractivity contribution in [1.82, 2.24) is 0 Å². The maximum Gasteiger partial charge on any atom is 0.539 e. The first-order chi connectivity index (χ1) is 8.54. The monoisotopic (exact) mass is 295 g/mol. The molecule has 8 heteroatoms. The van der Waals surface area contributed by atoms with Crippen molar-refractivity contribution in [2.75, 3.05) is 28.4 Å². The Balaban J connectivity index is 2.99. The summed E-state index contributed by atoms with van der Waals surface area (Å²) >= 11 is 0. The lowest BCUT2D eigenvalue weighted by Gasteiger charge is -2.46. The van der Waals surface area contributed by atoms with E-state index in [0.717, 1.165) is 18.9 Å². The van der Waals surface area contributed by atoms with Gasteiger partial charge in [0.15, 0.2) is 0 Å². The zero-order valence-electron chi connectivity index (χ0n) is 11.9. The molecule has 1 fully saturated rings. The molecule has 0 saturated carbocycles. The quantitative estimate of drug-likeness (QED) is 0.722. The third-order valence-corrected chi connectivity index (χ3v) is 14.9. The Kier molecular flexibility index (Phi) is 5.93. The van der Waals surface area contributed by atoms with Gasteiger partial charge >= 0.3 is 16.4 Å². The second-order valence-electron chi connectivity index (χ2n) is 4.39. The van der Waals surface area contributed by atoms with E-state index in [-0.39, 0.29) is 12.1 Å². The fraction of sp³-hybridized carbons (Fsp3) is 1.00. The summed E-state index contributed by atoms with van der Waals surface area (Å²) in [7, 11) is 0.929. The number of rotatable bonds is 6. The molecule has 0 amide bonds. The van der Waals surface area contributed by atoms with Gasteiger partial charge in [0.05, 0.1) is 6.10 Å². The summed E-state index contributed by atoms with van der Waals surface area (Å²) in [5.41, 5.74) is 6.07. The fourth-order valence-electron chi connectivity index (χ4n) is 2.43. The first-order valence-corrected chi connectivity index (χ1v) is 10.9. The highest BCUT2D eigenvalue weighted by Crippen LogP contribution is 2.36. The van der Waals surface area contributed by atoms with Crippen molar-refractivity contribution in [3.63, 3.8) is 0 Å². The molecule has 0 bridgehead atoms. The Labute approximate surface area is 111 Å². The highest BCUT2D eigenvalue weighted by Gasteiger charge is 2.70. The van der Waals surface area contributed by atoms with E-state index in [2.05, 4.69) is 0 Å². The number of nitrogens with two attached hydrogens (primary N) is 1. The van der Waals surface area contributed by atoms with Crippen LogP contribution in [0.15, 0.2) is 0 Å². The molecular formula is C10H25NO5Si2. The predicted octanol–water partition coefficient (Wildman–Crippen LogP) is 0.558. The molecule has 1 rings (SSSR count). The van der Waals surface area contributed by atoms with Crippen molar-refractivity contribution in [1.29, 1.82) is 0 Å². The van der Waals surface area contributed by atoms with E-state index in [9.17, 15) is 0 Å². The van der Waals surface area contributed by atoms with Crippen LogP contribution in [0.5, 0.6) is 0 Å². The van der Waals surface area contributed by atoms with Crippen molar-refractivity contribution in [2.45, 2.75) is 38.0 Å². The fourth-order valence-corrected chi connectivity index (χ4v) is 12.0. The summed E-state index contributed by atoms with van der Waals surface area (Å²) in [6, 6.07) is 0.773. The second-order valence-corrected chi connectivity index (χ2v) is 13.5. The van der Waals surface area contributed by atoms with Crippen LogP contribution in [-0.2, 0) is 22.1 Å². The molecule has 1 heterocycles. The van der Waals surface area contributed by atoms with Crippen LogP contribution in [0.25, 0.3) is 0 Å². The minimum absolute atomic E-state index is 0.0112. The molecule has 1 saturated heterocycles. The lowest BCUT2D eigenvalue weighted by molar-refractivity contribution is 0.0278. The van der Waals surface area contributed by atoms with Gasteiger partial charge in [-0.1, -0.05) is 6.92 Å². The SMILES string of the molecule is CCC(N)C1CC[Si](OC)(OC)[Si](OC)(OC)O1. The van der Waals surface area contributed by atoms with Gasteiger partial charge in [0.2, 0.25) is 0 Å². The highest BCUT2D eigenvalue weighted by molar-refractivity contribution is 7.29. The molecule has 0 aromatic carbocycles. The highest BCUT2D eigenvalue weighted by atomic mass is 29.3. The van der Waals surface area contributed by atoms with Gasteiger partial charge in [0, 0.05) is 34.5 Å². The minimum Gasteiger partial charge on any atom is -0.395 e. The van der Waals surface area contributed by atoms with Gasteiger partial charge < -0.3 is 27.9 Å². The van der Waals surface area contributed by atoms with Crippen molar-refractivity contribution >= 4 is 16.4 Å². The molecule has 2 unspecified atom stereocenters. The van der Waals surface area contributed by atoms with E-state index in [1.54, 1.807) is 28.4 Å². The average Bonchev–Trinajstić information content (AvgIpc) is 2.45. The largest absolute Gasteiger partial charge is 0.539 e. The van der Waals surface area contributed by atoms with Crippen molar-refractivity contribution < 1.29 is 22.1 Å². The maximum absolute atomic E-state index is 6.10. The summed E-state index contributed by atoms with van der Waals surface area (Å²) < 4.78 is 28.6.